The van der Waals surface area contributed by atoms with E-state index in [9.17, 15) is 9.59 Å². The number of unbranched alkanes of at least 4 members (excludes halogenated alkanes) is 14. The Bertz CT molecular complexity index is 719. The maximum Gasteiger partial charge on any atom is 0.306 e. The zero-order valence-electron chi connectivity index (χ0n) is 27.5. The Hall–Kier alpha value is -2.10. The van der Waals surface area contributed by atoms with Crippen LogP contribution in [0.3, 0.4) is 0 Å². The predicted molar refractivity (Wildman–Crippen MR) is 181 cm³/mol. The molecular formula is C38H66O4. The van der Waals surface area contributed by atoms with Crippen LogP contribution in [0.25, 0.3) is 0 Å². The van der Waals surface area contributed by atoms with E-state index < -0.39 is 5.97 Å². The summed E-state index contributed by atoms with van der Waals surface area (Å²) in [6.07, 6.45) is 44.1. The van der Waals surface area contributed by atoms with E-state index in [1.807, 2.05) is 0 Å². The maximum atomic E-state index is 12.4. The monoisotopic (exact) mass is 586 g/mol. The average Bonchev–Trinajstić information content (AvgIpc) is 2.97. The summed E-state index contributed by atoms with van der Waals surface area (Å²) in [6, 6.07) is 0. The van der Waals surface area contributed by atoms with Crippen molar-refractivity contribution >= 4 is 11.9 Å². The molecule has 0 saturated carbocycles. The fraction of sp³-hybridized carbons (Fsp3) is 0.737. The molecule has 4 nitrogen and oxygen atoms in total. The summed E-state index contributed by atoms with van der Waals surface area (Å²) in [5, 5.41) is 8.87. The van der Waals surface area contributed by atoms with Gasteiger partial charge in [0.15, 0.2) is 0 Å². The standard InChI is InChI=1S/C38H66O4/c1-3-5-7-9-11-12-13-14-15-16-17-18-19-20-21-22-23-24-25-27-29-35-38(41)42-36(33-30-31-34-37(39)40)32-28-26-10-8-6-4-2/h11-12,14-15,17-18,20-21,36H,3-10,13,16,19,22-35H2,1-2H3,(H,39,40)/b12-11-,15-14-,18-17-,21-20-. The lowest BCUT2D eigenvalue weighted by Crippen LogP contribution is -2.18. The largest absolute Gasteiger partial charge is 0.481 e. The van der Waals surface area contributed by atoms with Crippen LogP contribution in [0.4, 0.5) is 0 Å². The Morgan fingerprint density at radius 3 is 1.50 bits per heavy atom. The van der Waals surface area contributed by atoms with E-state index in [1.54, 1.807) is 0 Å². The highest BCUT2D eigenvalue weighted by Gasteiger charge is 2.14. The van der Waals surface area contributed by atoms with Gasteiger partial charge in [-0.05, 0) is 83.5 Å². The van der Waals surface area contributed by atoms with E-state index in [-0.39, 0.29) is 18.5 Å². The molecule has 0 radical (unpaired) electrons. The molecule has 0 amide bonds. The Morgan fingerprint density at radius 2 is 0.929 bits per heavy atom. The molecule has 0 aromatic rings. The van der Waals surface area contributed by atoms with Gasteiger partial charge in [-0.2, -0.15) is 0 Å². The smallest absolute Gasteiger partial charge is 0.306 e. The van der Waals surface area contributed by atoms with E-state index in [0.717, 1.165) is 70.6 Å². The fourth-order valence-corrected chi connectivity index (χ4v) is 4.93. The first-order chi connectivity index (χ1) is 20.6. The number of carbonyl (C=O) groups is 2. The van der Waals surface area contributed by atoms with Gasteiger partial charge in [0.1, 0.15) is 6.10 Å². The van der Waals surface area contributed by atoms with E-state index in [4.69, 9.17) is 9.84 Å². The predicted octanol–water partition coefficient (Wildman–Crippen LogP) is 12.0. The van der Waals surface area contributed by atoms with Gasteiger partial charge in [0.05, 0.1) is 0 Å². The minimum atomic E-state index is -0.751. The number of hydrogen-bond donors (Lipinski definition) is 1. The second-order valence-electron chi connectivity index (χ2n) is 11.7. The molecule has 0 spiro atoms. The summed E-state index contributed by atoms with van der Waals surface area (Å²) < 4.78 is 5.82. The van der Waals surface area contributed by atoms with Crippen molar-refractivity contribution in [2.75, 3.05) is 0 Å². The highest BCUT2D eigenvalue weighted by molar-refractivity contribution is 5.69. The molecule has 0 aliphatic carbocycles. The van der Waals surface area contributed by atoms with Crippen LogP contribution >= 0.6 is 0 Å². The number of esters is 1. The molecule has 1 unspecified atom stereocenters. The molecule has 0 fully saturated rings. The van der Waals surface area contributed by atoms with Crippen LogP contribution in [-0.2, 0) is 14.3 Å². The lowest BCUT2D eigenvalue weighted by atomic mass is 10.0. The summed E-state index contributed by atoms with van der Waals surface area (Å²) in [4.78, 5) is 23.2. The molecule has 0 aromatic carbocycles. The third-order valence-corrected chi connectivity index (χ3v) is 7.55. The Balaban J connectivity index is 3.83. The lowest BCUT2D eigenvalue weighted by molar-refractivity contribution is -0.150. The van der Waals surface area contributed by atoms with Gasteiger partial charge in [0.2, 0.25) is 0 Å². The summed E-state index contributed by atoms with van der Waals surface area (Å²) in [5.74, 6) is -0.830. The Labute approximate surface area is 260 Å². The number of carbonyl (C=O) groups excluding carboxylic acids is 1. The zero-order chi connectivity index (χ0) is 30.8. The van der Waals surface area contributed by atoms with Gasteiger partial charge < -0.3 is 9.84 Å². The van der Waals surface area contributed by atoms with E-state index in [0.29, 0.717) is 12.8 Å². The highest BCUT2D eigenvalue weighted by atomic mass is 16.5. The van der Waals surface area contributed by atoms with Gasteiger partial charge in [-0.1, -0.05) is 127 Å². The van der Waals surface area contributed by atoms with Crippen molar-refractivity contribution in [3.05, 3.63) is 48.6 Å². The molecule has 0 bridgehead atoms. The van der Waals surface area contributed by atoms with E-state index in [2.05, 4.69) is 62.5 Å². The molecular weight excluding hydrogens is 520 g/mol. The van der Waals surface area contributed by atoms with Crippen LogP contribution < -0.4 is 0 Å². The van der Waals surface area contributed by atoms with Crippen molar-refractivity contribution in [1.82, 2.24) is 0 Å². The third-order valence-electron chi connectivity index (χ3n) is 7.55. The molecule has 242 valence electrons. The normalized spacial score (nSPS) is 12.8. The molecule has 0 aliphatic heterocycles. The number of carboxylic acid groups (broad SMARTS) is 1. The molecule has 0 aromatic heterocycles. The van der Waals surface area contributed by atoms with Crippen LogP contribution in [0.1, 0.15) is 174 Å². The fourth-order valence-electron chi connectivity index (χ4n) is 4.93. The van der Waals surface area contributed by atoms with Gasteiger partial charge >= 0.3 is 11.9 Å². The second kappa shape index (κ2) is 33.4. The Morgan fingerprint density at radius 1 is 0.524 bits per heavy atom. The van der Waals surface area contributed by atoms with Crippen molar-refractivity contribution in [2.24, 2.45) is 0 Å². The second-order valence-corrected chi connectivity index (χ2v) is 11.7. The SMILES string of the molecule is CCCCC/C=C\C/C=C\C/C=C\C/C=C\CCCCCCCC(=O)OC(CCCCCCCC)CCCCC(=O)O. The van der Waals surface area contributed by atoms with Gasteiger partial charge in [-0.15, -0.1) is 0 Å². The number of aliphatic carboxylic acids is 1. The average molecular weight is 587 g/mol. The molecule has 0 heterocycles. The lowest BCUT2D eigenvalue weighted by Gasteiger charge is -2.18. The number of allylic oxidation sites excluding steroid dienone is 8. The summed E-state index contributed by atoms with van der Waals surface area (Å²) in [5.41, 5.74) is 0. The first kappa shape index (κ1) is 39.9. The van der Waals surface area contributed by atoms with Crippen LogP contribution in [0, 0.1) is 0 Å². The topological polar surface area (TPSA) is 63.6 Å². The van der Waals surface area contributed by atoms with Crippen LogP contribution in [0.15, 0.2) is 48.6 Å². The van der Waals surface area contributed by atoms with Crippen LogP contribution in [0.2, 0.25) is 0 Å². The van der Waals surface area contributed by atoms with E-state index in [1.165, 1.54) is 70.6 Å². The summed E-state index contributed by atoms with van der Waals surface area (Å²) >= 11 is 0. The maximum absolute atomic E-state index is 12.4. The molecule has 1 N–H and O–H groups in total. The number of carboxylic acids is 1. The first-order valence-electron chi connectivity index (χ1n) is 17.6. The van der Waals surface area contributed by atoms with Crippen molar-refractivity contribution in [3.63, 3.8) is 0 Å². The quantitative estimate of drug-likeness (QED) is 0.0498. The van der Waals surface area contributed by atoms with Crippen LogP contribution in [0.5, 0.6) is 0 Å². The van der Waals surface area contributed by atoms with Crippen molar-refractivity contribution < 1.29 is 19.4 Å². The molecule has 0 saturated heterocycles. The van der Waals surface area contributed by atoms with Gasteiger partial charge in [0.25, 0.3) is 0 Å². The summed E-state index contributed by atoms with van der Waals surface area (Å²) in [7, 11) is 0. The van der Waals surface area contributed by atoms with Crippen molar-refractivity contribution in [1.29, 1.82) is 0 Å². The van der Waals surface area contributed by atoms with Gasteiger partial charge in [-0.25, -0.2) is 0 Å². The van der Waals surface area contributed by atoms with Gasteiger partial charge in [-0.3, -0.25) is 9.59 Å². The molecule has 0 aliphatic rings. The molecule has 0 rings (SSSR count). The number of rotatable bonds is 31. The first-order valence-corrected chi connectivity index (χ1v) is 17.6. The highest BCUT2D eigenvalue weighted by Crippen LogP contribution is 2.17. The zero-order valence-corrected chi connectivity index (χ0v) is 27.5. The molecule has 1 atom stereocenters. The third kappa shape index (κ3) is 32.4. The minimum Gasteiger partial charge on any atom is -0.481 e. The minimum absolute atomic E-state index is 0.0529. The summed E-state index contributed by atoms with van der Waals surface area (Å²) in [6.45, 7) is 4.47. The van der Waals surface area contributed by atoms with Gasteiger partial charge in [0, 0.05) is 12.8 Å². The number of ether oxygens (including phenoxy) is 1. The van der Waals surface area contributed by atoms with Crippen molar-refractivity contribution in [3.8, 4) is 0 Å². The number of hydrogen-bond acceptors (Lipinski definition) is 3. The van der Waals surface area contributed by atoms with Crippen molar-refractivity contribution in [2.45, 2.75) is 180 Å². The van der Waals surface area contributed by atoms with Crippen LogP contribution in [-0.4, -0.2) is 23.1 Å². The Kier molecular flexibility index (Phi) is 31.7. The molecule has 42 heavy (non-hydrogen) atoms. The molecule has 4 heteroatoms. The van der Waals surface area contributed by atoms with E-state index >= 15 is 0 Å².